The van der Waals surface area contributed by atoms with Gasteiger partial charge in [-0.15, -0.1) is 0 Å². The number of hydrogen-bond acceptors (Lipinski definition) is 4. The summed E-state index contributed by atoms with van der Waals surface area (Å²) in [7, 11) is 0. The van der Waals surface area contributed by atoms with Crippen LogP contribution in [0.4, 0.5) is 4.79 Å². The lowest BCUT2D eigenvalue weighted by atomic mass is 9.82. The lowest BCUT2D eigenvalue weighted by molar-refractivity contribution is 0.0471. The summed E-state index contributed by atoms with van der Waals surface area (Å²) in [6.07, 6.45) is 1.76. The van der Waals surface area contributed by atoms with Crippen LogP contribution < -0.4 is 10.1 Å². The van der Waals surface area contributed by atoms with E-state index in [2.05, 4.69) is 17.2 Å². The van der Waals surface area contributed by atoms with Crippen LogP contribution in [0.3, 0.4) is 0 Å². The first-order chi connectivity index (χ1) is 14.0. The van der Waals surface area contributed by atoms with Gasteiger partial charge < -0.3 is 19.6 Å². The van der Waals surface area contributed by atoms with E-state index in [1.165, 1.54) is 0 Å². The van der Waals surface area contributed by atoms with Gasteiger partial charge in [0, 0.05) is 34.5 Å². The summed E-state index contributed by atoms with van der Waals surface area (Å²) >= 11 is 5.97. The van der Waals surface area contributed by atoms with Crippen LogP contribution in [0.2, 0.25) is 5.02 Å². The minimum absolute atomic E-state index is 0.135. The van der Waals surface area contributed by atoms with E-state index >= 15 is 0 Å². The standard InChI is InChI=1S/C23H20ClNO4/c24-18-7-3-5-16(13-18)10-12-23(27)11-4-8-19(15-23)25-22(26)29-21-14-17-6-1-2-9-20(17)28-21/h1-3,5-7,9,13-14,19,27H,4,8,11,15H2,(H,25,26)/t19-,23+/m1/s1. The van der Waals surface area contributed by atoms with Gasteiger partial charge in [0.25, 0.3) is 5.95 Å². The Kier molecular flexibility index (Phi) is 5.48. The van der Waals surface area contributed by atoms with Gasteiger partial charge in [-0.05, 0) is 43.5 Å². The van der Waals surface area contributed by atoms with E-state index in [1.807, 2.05) is 30.3 Å². The predicted octanol–water partition coefficient (Wildman–Crippen LogP) is 4.90. The molecule has 2 N–H and O–H groups in total. The van der Waals surface area contributed by atoms with Gasteiger partial charge in [-0.1, -0.05) is 47.7 Å². The third-order valence-corrected chi connectivity index (χ3v) is 5.14. The summed E-state index contributed by atoms with van der Waals surface area (Å²) in [5, 5.41) is 15.1. The monoisotopic (exact) mass is 409 g/mol. The Bertz CT molecular complexity index is 1060. The third kappa shape index (κ3) is 4.92. The second-order valence-corrected chi connectivity index (χ2v) is 7.66. The molecule has 0 bridgehead atoms. The van der Waals surface area contributed by atoms with E-state index < -0.39 is 11.7 Å². The molecule has 148 valence electrons. The van der Waals surface area contributed by atoms with E-state index in [9.17, 15) is 9.90 Å². The Hall–Kier alpha value is -2.94. The van der Waals surface area contributed by atoms with Crippen molar-refractivity contribution in [2.24, 2.45) is 0 Å². The van der Waals surface area contributed by atoms with Crippen molar-refractivity contribution in [2.75, 3.05) is 0 Å². The molecule has 1 fully saturated rings. The number of halogens is 1. The summed E-state index contributed by atoms with van der Waals surface area (Å²) < 4.78 is 10.8. The van der Waals surface area contributed by atoms with Crippen LogP contribution in [0.5, 0.6) is 5.95 Å². The molecule has 0 radical (unpaired) electrons. The van der Waals surface area contributed by atoms with Crippen molar-refractivity contribution in [3.63, 3.8) is 0 Å². The number of para-hydroxylation sites is 1. The maximum atomic E-state index is 12.3. The lowest BCUT2D eigenvalue weighted by Crippen LogP contribution is -2.46. The topological polar surface area (TPSA) is 71.7 Å². The molecule has 0 aliphatic heterocycles. The average molecular weight is 410 g/mol. The predicted molar refractivity (Wildman–Crippen MR) is 111 cm³/mol. The highest BCUT2D eigenvalue weighted by Gasteiger charge is 2.34. The van der Waals surface area contributed by atoms with Crippen molar-refractivity contribution in [3.8, 4) is 17.8 Å². The molecule has 1 heterocycles. The van der Waals surface area contributed by atoms with Gasteiger partial charge in [0.2, 0.25) is 0 Å². The summed E-state index contributed by atoms with van der Waals surface area (Å²) in [5.74, 6) is 6.06. The number of amides is 1. The third-order valence-electron chi connectivity index (χ3n) is 4.91. The zero-order valence-electron chi connectivity index (χ0n) is 15.7. The molecule has 2 atom stereocenters. The molecule has 0 saturated heterocycles. The fourth-order valence-electron chi connectivity index (χ4n) is 3.54. The lowest BCUT2D eigenvalue weighted by Gasteiger charge is -2.33. The van der Waals surface area contributed by atoms with Crippen molar-refractivity contribution >= 4 is 28.7 Å². The first-order valence-electron chi connectivity index (χ1n) is 9.47. The molecule has 5 nitrogen and oxygen atoms in total. The van der Waals surface area contributed by atoms with Crippen LogP contribution in [0.1, 0.15) is 31.2 Å². The number of benzene rings is 2. The summed E-state index contributed by atoms with van der Waals surface area (Å²) in [6, 6.07) is 16.0. The first kappa shape index (κ1) is 19.4. The fourth-order valence-corrected chi connectivity index (χ4v) is 3.73. The van der Waals surface area contributed by atoms with Gasteiger partial charge in [0.1, 0.15) is 11.2 Å². The molecule has 1 aliphatic carbocycles. The van der Waals surface area contributed by atoms with Gasteiger partial charge in [-0.25, -0.2) is 4.79 Å². The molecule has 1 aliphatic rings. The zero-order chi connectivity index (χ0) is 20.3. The number of aliphatic hydroxyl groups is 1. The number of carbonyl (C=O) groups is 1. The van der Waals surface area contributed by atoms with Crippen LogP contribution >= 0.6 is 11.6 Å². The second kappa shape index (κ2) is 8.20. The first-order valence-corrected chi connectivity index (χ1v) is 9.85. The quantitative estimate of drug-likeness (QED) is 0.590. The summed E-state index contributed by atoms with van der Waals surface area (Å²) in [4.78, 5) is 12.3. The van der Waals surface area contributed by atoms with Gasteiger partial charge in [-0.3, -0.25) is 0 Å². The Morgan fingerprint density at radius 1 is 1.24 bits per heavy atom. The molecule has 1 saturated carbocycles. The highest BCUT2D eigenvalue weighted by molar-refractivity contribution is 6.30. The second-order valence-electron chi connectivity index (χ2n) is 7.22. The number of nitrogens with one attached hydrogen (secondary N) is 1. The highest BCUT2D eigenvalue weighted by Crippen LogP contribution is 2.29. The Morgan fingerprint density at radius 3 is 2.93 bits per heavy atom. The average Bonchev–Trinajstić information content (AvgIpc) is 3.08. The minimum Gasteiger partial charge on any atom is -0.425 e. The summed E-state index contributed by atoms with van der Waals surface area (Å²) in [6.45, 7) is 0. The fraction of sp³-hybridized carbons (Fsp3) is 0.261. The van der Waals surface area contributed by atoms with Crippen molar-refractivity contribution in [1.82, 2.24) is 5.32 Å². The molecule has 29 heavy (non-hydrogen) atoms. The molecule has 2 aromatic carbocycles. The van der Waals surface area contributed by atoms with Gasteiger partial charge in [-0.2, -0.15) is 0 Å². The van der Waals surface area contributed by atoms with Gasteiger partial charge >= 0.3 is 6.09 Å². The Morgan fingerprint density at radius 2 is 2.10 bits per heavy atom. The number of fused-ring (bicyclic) bond motifs is 1. The van der Waals surface area contributed by atoms with E-state index in [1.54, 1.807) is 24.3 Å². The van der Waals surface area contributed by atoms with Crippen LogP contribution in [-0.2, 0) is 0 Å². The zero-order valence-corrected chi connectivity index (χ0v) is 16.4. The van der Waals surface area contributed by atoms with E-state index in [0.717, 1.165) is 23.8 Å². The van der Waals surface area contributed by atoms with E-state index in [-0.39, 0.29) is 12.0 Å². The molecule has 4 rings (SSSR count). The number of furan rings is 1. The highest BCUT2D eigenvalue weighted by atomic mass is 35.5. The van der Waals surface area contributed by atoms with Crippen molar-refractivity contribution in [2.45, 2.75) is 37.3 Å². The minimum atomic E-state index is -1.17. The van der Waals surface area contributed by atoms with Crippen molar-refractivity contribution in [1.29, 1.82) is 0 Å². The Labute approximate surface area is 173 Å². The molecular weight excluding hydrogens is 390 g/mol. The Balaban J connectivity index is 1.38. The molecule has 3 aromatic rings. The molecular formula is C23H20ClNO4. The maximum Gasteiger partial charge on any atom is 0.415 e. The SMILES string of the molecule is O=C(N[C@@H]1CCC[C@](O)(C#Cc2cccc(Cl)c2)C1)Oc1cc2ccccc2o1. The molecule has 1 amide bonds. The largest absolute Gasteiger partial charge is 0.425 e. The van der Waals surface area contributed by atoms with Crippen molar-refractivity contribution < 1.29 is 19.1 Å². The molecule has 6 heteroatoms. The van der Waals surface area contributed by atoms with Gasteiger partial charge in [0.15, 0.2) is 0 Å². The normalized spacial score (nSPS) is 21.2. The number of hydrogen-bond donors (Lipinski definition) is 2. The number of ether oxygens (including phenoxy) is 1. The van der Waals surface area contributed by atoms with Gasteiger partial charge in [0.05, 0.1) is 0 Å². The number of rotatable bonds is 2. The smallest absolute Gasteiger partial charge is 0.415 e. The summed E-state index contributed by atoms with van der Waals surface area (Å²) in [5.41, 5.74) is 0.224. The van der Waals surface area contributed by atoms with E-state index in [0.29, 0.717) is 23.4 Å². The maximum absolute atomic E-state index is 12.3. The van der Waals surface area contributed by atoms with Crippen LogP contribution in [0, 0.1) is 11.8 Å². The van der Waals surface area contributed by atoms with Crippen LogP contribution in [0.15, 0.2) is 59.0 Å². The van der Waals surface area contributed by atoms with E-state index in [4.69, 9.17) is 20.8 Å². The van der Waals surface area contributed by atoms with Crippen LogP contribution in [-0.4, -0.2) is 22.8 Å². The molecule has 0 spiro atoms. The molecule has 0 unspecified atom stereocenters. The van der Waals surface area contributed by atoms with Crippen molar-refractivity contribution in [3.05, 3.63) is 65.2 Å². The molecule has 1 aromatic heterocycles. The van der Waals surface area contributed by atoms with Crippen LogP contribution in [0.25, 0.3) is 11.0 Å². The number of carbonyl (C=O) groups excluding carboxylic acids is 1.